The molecule has 2 aromatic heterocycles. The highest BCUT2D eigenvalue weighted by atomic mass is 79.9. The molecule has 94 valence electrons. The van der Waals surface area contributed by atoms with Gasteiger partial charge in [-0.05, 0) is 18.2 Å². The molecular weight excluding hydrogens is 312 g/mol. The van der Waals surface area contributed by atoms with E-state index in [1.165, 1.54) is 18.8 Å². The quantitative estimate of drug-likeness (QED) is 0.735. The zero-order valence-electron chi connectivity index (χ0n) is 9.50. The van der Waals surface area contributed by atoms with Crippen LogP contribution >= 0.6 is 15.9 Å². The van der Waals surface area contributed by atoms with Gasteiger partial charge in [-0.1, -0.05) is 15.9 Å². The van der Waals surface area contributed by atoms with Gasteiger partial charge in [0.1, 0.15) is 18.2 Å². The van der Waals surface area contributed by atoms with E-state index in [1.807, 2.05) is 0 Å². The normalized spacial score (nSPS) is 11.4. The van der Waals surface area contributed by atoms with E-state index in [1.54, 1.807) is 18.2 Å². The number of aliphatic imine (C=N–C) groups is 1. The molecule has 6 nitrogen and oxygen atoms in total. The molecule has 7 heteroatoms. The van der Waals surface area contributed by atoms with Gasteiger partial charge in [0.05, 0.1) is 10.9 Å². The van der Waals surface area contributed by atoms with Crippen molar-refractivity contribution in [3.8, 4) is 0 Å². The van der Waals surface area contributed by atoms with Gasteiger partial charge in [-0.2, -0.15) is 10.1 Å². The largest absolute Gasteiger partial charge is 0.463 e. The summed E-state index contributed by atoms with van der Waals surface area (Å²) in [6.45, 7) is 0. The summed E-state index contributed by atoms with van der Waals surface area (Å²) < 4.78 is 6.26. The van der Waals surface area contributed by atoms with Gasteiger partial charge in [0.25, 0.3) is 0 Å². The number of nitrogens with one attached hydrogen (secondary N) is 1. The Bertz CT molecular complexity index is 808. The van der Waals surface area contributed by atoms with Crippen molar-refractivity contribution in [1.82, 2.24) is 15.2 Å². The lowest BCUT2D eigenvalue weighted by atomic mass is 10.2. The van der Waals surface area contributed by atoms with Gasteiger partial charge >= 0.3 is 0 Å². The van der Waals surface area contributed by atoms with E-state index < -0.39 is 0 Å². The lowest BCUT2D eigenvalue weighted by Crippen LogP contribution is -2.07. The minimum atomic E-state index is -0.142. The molecule has 3 aromatic rings. The average Bonchev–Trinajstić information content (AvgIpc) is 2.91. The fraction of sp³-hybridized carbons (Fsp3) is 0. The molecule has 0 aliphatic rings. The van der Waals surface area contributed by atoms with E-state index in [9.17, 15) is 4.79 Å². The predicted molar refractivity (Wildman–Crippen MR) is 73.8 cm³/mol. The van der Waals surface area contributed by atoms with E-state index in [-0.39, 0.29) is 5.43 Å². The Morgan fingerprint density at radius 2 is 2.32 bits per heavy atom. The zero-order valence-corrected chi connectivity index (χ0v) is 11.1. The highest BCUT2D eigenvalue weighted by molar-refractivity contribution is 9.10. The van der Waals surface area contributed by atoms with Gasteiger partial charge in [-0.15, -0.1) is 0 Å². The first-order chi connectivity index (χ1) is 9.24. The van der Waals surface area contributed by atoms with Crippen molar-refractivity contribution < 1.29 is 4.42 Å². The number of hydrogen-bond acceptors (Lipinski definition) is 5. The van der Waals surface area contributed by atoms with Crippen molar-refractivity contribution in [3.05, 3.63) is 51.0 Å². The molecule has 0 aliphatic heterocycles. The first-order valence-electron chi connectivity index (χ1n) is 5.34. The number of rotatable bonds is 2. The van der Waals surface area contributed by atoms with Crippen LogP contribution in [-0.2, 0) is 0 Å². The van der Waals surface area contributed by atoms with Crippen LogP contribution in [0.5, 0.6) is 0 Å². The predicted octanol–water partition coefficient (Wildman–Crippen LogP) is 2.42. The lowest BCUT2D eigenvalue weighted by molar-refractivity contribution is 0.601. The maximum atomic E-state index is 12.2. The van der Waals surface area contributed by atoms with E-state index in [0.29, 0.717) is 22.5 Å². The Labute approximate surface area is 115 Å². The third kappa shape index (κ3) is 2.32. The molecule has 19 heavy (non-hydrogen) atoms. The smallest absolute Gasteiger partial charge is 0.245 e. The van der Waals surface area contributed by atoms with Crippen molar-refractivity contribution in [2.45, 2.75) is 0 Å². The molecule has 0 saturated carbocycles. The third-order valence-corrected chi connectivity index (χ3v) is 2.98. The minimum Gasteiger partial charge on any atom is -0.463 e. The summed E-state index contributed by atoms with van der Waals surface area (Å²) in [7, 11) is 0. The molecule has 0 radical (unpaired) electrons. The highest BCUT2D eigenvalue weighted by Crippen LogP contribution is 2.17. The molecule has 0 bridgehead atoms. The van der Waals surface area contributed by atoms with Crippen molar-refractivity contribution in [3.63, 3.8) is 0 Å². The van der Waals surface area contributed by atoms with E-state index in [0.717, 1.165) is 4.47 Å². The number of fused-ring (bicyclic) bond motifs is 1. The number of halogens is 1. The van der Waals surface area contributed by atoms with Crippen LogP contribution in [-0.4, -0.2) is 21.4 Å². The summed E-state index contributed by atoms with van der Waals surface area (Å²) in [5.41, 5.74) is 0.736. The van der Waals surface area contributed by atoms with Crippen LogP contribution in [0.25, 0.3) is 11.0 Å². The second-order valence-corrected chi connectivity index (χ2v) is 4.64. The Morgan fingerprint density at radius 1 is 1.42 bits per heavy atom. The SMILES string of the molecule is O=c1c(C=Nc2ncn[nH]2)coc2cc(Br)ccc12. The number of H-pyrrole nitrogens is 1. The number of nitrogens with zero attached hydrogens (tertiary/aromatic N) is 3. The molecule has 0 fully saturated rings. The van der Waals surface area contributed by atoms with Crippen LogP contribution in [0.2, 0.25) is 0 Å². The first-order valence-corrected chi connectivity index (χ1v) is 6.14. The topological polar surface area (TPSA) is 84.1 Å². The molecule has 1 aromatic carbocycles. The molecule has 0 atom stereocenters. The Morgan fingerprint density at radius 3 is 3.11 bits per heavy atom. The summed E-state index contributed by atoms with van der Waals surface area (Å²) in [5.74, 6) is 0.329. The maximum Gasteiger partial charge on any atom is 0.245 e. The number of aromatic nitrogens is 3. The average molecular weight is 319 g/mol. The molecule has 0 amide bonds. The number of hydrogen-bond donors (Lipinski definition) is 1. The zero-order chi connectivity index (χ0) is 13.2. The van der Waals surface area contributed by atoms with Crippen LogP contribution in [0.1, 0.15) is 5.56 Å². The summed E-state index contributed by atoms with van der Waals surface area (Å²) in [4.78, 5) is 20.0. The second kappa shape index (κ2) is 4.77. The molecule has 2 heterocycles. The molecule has 3 rings (SSSR count). The fourth-order valence-corrected chi connectivity index (χ4v) is 1.94. The maximum absolute atomic E-state index is 12.2. The van der Waals surface area contributed by atoms with E-state index in [4.69, 9.17) is 4.42 Å². The van der Waals surface area contributed by atoms with Crippen molar-refractivity contribution >= 4 is 39.1 Å². The molecule has 0 unspecified atom stereocenters. The van der Waals surface area contributed by atoms with Crippen LogP contribution in [0, 0.1) is 0 Å². The molecule has 1 N–H and O–H groups in total. The molecular formula is C12H7BrN4O2. The summed E-state index contributed by atoms with van der Waals surface area (Å²) >= 11 is 3.32. The summed E-state index contributed by atoms with van der Waals surface area (Å²) in [6, 6.07) is 5.24. The third-order valence-electron chi connectivity index (χ3n) is 2.49. The standard InChI is InChI=1S/C12H7BrN4O2/c13-8-1-2-9-10(3-8)19-5-7(11(9)18)4-14-12-15-6-16-17-12/h1-6H,(H,15,16,17). The van der Waals surface area contributed by atoms with Gasteiger partial charge in [0.15, 0.2) is 0 Å². The molecule has 0 saturated heterocycles. The first kappa shape index (κ1) is 11.8. The number of aromatic amines is 1. The number of benzene rings is 1. The Balaban J connectivity index is 2.08. The minimum absolute atomic E-state index is 0.142. The summed E-state index contributed by atoms with van der Waals surface area (Å²) in [6.07, 6.45) is 4.11. The van der Waals surface area contributed by atoms with Crippen LogP contribution in [0.4, 0.5) is 5.95 Å². The van der Waals surface area contributed by atoms with Crippen molar-refractivity contribution in [2.24, 2.45) is 4.99 Å². The van der Waals surface area contributed by atoms with Crippen molar-refractivity contribution in [2.75, 3.05) is 0 Å². The van der Waals surface area contributed by atoms with E-state index in [2.05, 4.69) is 36.1 Å². The Hall–Kier alpha value is -2.28. The van der Waals surface area contributed by atoms with Crippen LogP contribution in [0.3, 0.4) is 0 Å². The van der Waals surface area contributed by atoms with Gasteiger partial charge in [0.2, 0.25) is 11.4 Å². The van der Waals surface area contributed by atoms with Crippen LogP contribution in [0.15, 0.2) is 49.5 Å². The van der Waals surface area contributed by atoms with Gasteiger partial charge in [-0.25, -0.2) is 10.1 Å². The van der Waals surface area contributed by atoms with Gasteiger partial charge in [-0.3, -0.25) is 4.79 Å². The van der Waals surface area contributed by atoms with Crippen LogP contribution < -0.4 is 5.43 Å². The van der Waals surface area contributed by atoms with E-state index >= 15 is 0 Å². The monoisotopic (exact) mass is 318 g/mol. The molecule has 0 spiro atoms. The Kier molecular flexibility index (Phi) is 2.96. The fourth-order valence-electron chi connectivity index (χ4n) is 1.60. The van der Waals surface area contributed by atoms with Gasteiger partial charge < -0.3 is 4.42 Å². The van der Waals surface area contributed by atoms with Gasteiger partial charge in [0, 0.05) is 10.7 Å². The highest BCUT2D eigenvalue weighted by Gasteiger charge is 2.05. The molecule has 0 aliphatic carbocycles. The van der Waals surface area contributed by atoms with Crippen molar-refractivity contribution in [1.29, 1.82) is 0 Å². The lowest BCUT2D eigenvalue weighted by Gasteiger charge is -1.98. The summed E-state index contributed by atoms with van der Waals surface area (Å²) in [5, 5.41) is 6.74. The second-order valence-electron chi connectivity index (χ2n) is 3.73.